The van der Waals surface area contributed by atoms with Crippen molar-refractivity contribution < 1.29 is 22.7 Å². The van der Waals surface area contributed by atoms with Crippen LogP contribution >= 0.6 is 22.6 Å². The van der Waals surface area contributed by atoms with E-state index >= 15 is 0 Å². The smallest absolute Gasteiger partial charge is 0.252 e. The van der Waals surface area contributed by atoms with Gasteiger partial charge in [-0.05, 0) is 84.0 Å². The van der Waals surface area contributed by atoms with Gasteiger partial charge in [0, 0.05) is 9.61 Å². The first kappa shape index (κ1) is 24.2. The summed E-state index contributed by atoms with van der Waals surface area (Å²) in [5, 5.41) is 0. The van der Waals surface area contributed by atoms with Gasteiger partial charge in [-0.1, -0.05) is 25.7 Å². The van der Waals surface area contributed by atoms with Crippen molar-refractivity contribution in [1.29, 1.82) is 0 Å². The van der Waals surface area contributed by atoms with Crippen molar-refractivity contribution in [1.82, 2.24) is 4.31 Å². The minimum absolute atomic E-state index is 0.0977. The topological polar surface area (TPSA) is 84.0 Å². The molecule has 1 aliphatic carbocycles. The number of methoxy groups -OCH3 is 1. The molecule has 0 bridgehead atoms. The molecule has 1 heterocycles. The molecule has 1 unspecified atom stereocenters. The van der Waals surface area contributed by atoms with Crippen LogP contribution in [-0.4, -0.2) is 43.7 Å². The van der Waals surface area contributed by atoms with Gasteiger partial charge in [-0.15, -0.1) is 0 Å². The lowest BCUT2D eigenvalue weighted by atomic mass is 10.1. The van der Waals surface area contributed by atoms with Crippen molar-refractivity contribution in [3.05, 3.63) is 52.1 Å². The molecule has 33 heavy (non-hydrogen) atoms. The molecule has 1 saturated heterocycles. The fourth-order valence-corrected chi connectivity index (χ4v) is 6.86. The van der Waals surface area contributed by atoms with Gasteiger partial charge >= 0.3 is 0 Å². The summed E-state index contributed by atoms with van der Waals surface area (Å²) in [6.45, 7) is 0. The van der Waals surface area contributed by atoms with Crippen LogP contribution in [0.5, 0.6) is 5.75 Å². The zero-order valence-electron chi connectivity index (χ0n) is 18.4. The zero-order valence-corrected chi connectivity index (χ0v) is 21.4. The largest absolute Gasteiger partial charge is 0.497 e. The summed E-state index contributed by atoms with van der Waals surface area (Å²) in [6, 6.07) is 11.9. The number of ether oxygens (including phenoxy) is 1. The monoisotopic (exact) mass is 582 g/mol. The number of carbonyl (C=O) groups is 2. The average molecular weight is 582 g/mol. The first-order valence-corrected chi connectivity index (χ1v) is 13.6. The number of imide groups is 1. The van der Waals surface area contributed by atoms with Gasteiger partial charge in [0.15, 0.2) is 0 Å². The van der Waals surface area contributed by atoms with E-state index in [1.54, 1.807) is 24.3 Å². The third-order valence-electron chi connectivity index (χ3n) is 6.33. The summed E-state index contributed by atoms with van der Waals surface area (Å²) in [5.74, 6) is -0.315. The minimum Gasteiger partial charge on any atom is -0.497 e. The highest BCUT2D eigenvalue weighted by molar-refractivity contribution is 14.1. The number of carbonyl (C=O) groups excluding carboxylic acids is 2. The predicted octanol–water partition coefficient (Wildman–Crippen LogP) is 4.35. The summed E-state index contributed by atoms with van der Waals surface area (Å²) in [6.07, 6.45) is 5.08. The van der Waals surface area contributed by atoms with E-state index in [2.05, 4.69) is 22.6 Å². The Balaban J connectivity index is 1.73. The van der Waals surface area contributed by atoms with E-state index in [0.717, 1.165) is 34.2 Å². The van der Waals surface area contributed by atoms with Crippen LogP contribution < -0.4 is 9.64 Å². The molecule has 0 aromatic heterocycles. The van der Waals surface area contributed by atoms with Crippen LogP contribution in [0.4, 0.5) is 5.69 Å². The van der Waals surface area contributed by atoms with Gasteiger partial charge in [-0.2, -0.15) is 4.31 Å². The molecular weight excluding hydrogens is 555 g/mol. The fourth-order valence-electron chi connectivity index (χ4n) is 4.68. The quantitative estimate of drug-likeness (QED) is 0.288. The van der Waals surface area contributed by atoms with Crippen LogP contribution in [0.3, 0.4) is 0 Å². The van der Waals surface area contributed by atoms with E-state index < -0.39 is 22.0 Å². The Morgan fingerprint density at radius 1 is 0.939 bits per heavy atom. The molecule has 2 aliphatic rings. The molecule has 0 N–H and O–H groups in total. The summed E-state index contributed by atoms with van der Waals surface area (Å²) < 4.78 is 35.2. The predicted molar refractivity (Wildman–Crippen MR) is 134 cm³/mol. The lowest BCUT2D eigenvalue weighted by Gasteiger charge is -2.33. The highest BCUT2D eigenvalue weighted by Crippen LogP contribution is 2.35. The van der Waals surface area contributed by atoms with E-state index in [4.69, 9.17) is 4.74 Å². The number of hydrogen-bond acceptors (Lipinski definition) is 5. The highest BCUT2D eigenvalue weighted by Gasteiger charge is 2.49. The Labute approximate surface area is 208 Å². The third-order valence-corrected chi connectivity index (χ3v) is 9.03. The molecule has 0 radical (unpaired) electrons. The lowest BCUT2D eigenvalue weighted by Crippen LogP contribution is -2.50. The second kappa shape index (κ2) is 10.1. The summed E-state index contributed by atoms with van der Waals surface area (Å²) in [5.41, 5.74) is 0.468. The maximum atomic E-state index is 13.9. The molecule has 1 aliphatic heterocycles. The number of anilines is 1. The minimum atomic E-state index is -4.02. The maximum Gasteiger partial charge on any atom is 0.252 e. The van der Waals surface area contributed by atoms with Crippen molar-refractivity contribution in [2.24, 2.45) is 0 Å². The van der Waals surface area contributed by atoms with Gasteiger partial charge < -0.3 is 4.74 Å². The van der Waals surface area contributed by atoms with Crippen LogP contribution in [-0.2, 0) is 19.6 Å². The zero-order chi connectivity index (χ0) is 23.6. The molecule has 2 fully saturated rings. The SMILES string of the molecule is COc1ccc(S(=O)(=O)N(C2CCCCCC2)C2CC(=O)N(c3ccc(I)cc3)C2=O)cc1. The van der Waals surface area contributed by atoms with Crippen LogP contribution in [0.25, 0.3) is 0 Å². The average Bonchev–Trinajstić information content (AvgIpc) is 2.97. The van der Waals surface area contributed by atoms with Gasteiger partial charge in [0.1, 0.15) is 11.8 Å². The van der Waals surface area contributed by atoms with Crippen molar-refractivity contribution in [3.63, 3.8) is 0 Å². The molecular formula is C24H27IN2O5S. The van der Waals surface area contributed by atoms with E-state index in [9.17, 15) is 18.0 Å². The fraction of sp³-hybridized carbons (Fsp3) is 0.417. The number of hydrogen-bond donors (Lipinski definition) is 0. The van der Waals surface area contributed by atoms with Crippen LogP contribution in [0.15, 0.2) is 53.4 Å². The van der Waals surface area contributed by atoms with Crippen LogP contribution in [0, 0.1) is 3.57 Å². The summed E-state index contributed by atoms with van der Waals surface area (Å²) in [4.78, 5) is 27.7. The van der Waals surface area contributed by atoms with Gasteiger partial charge in [0.2, 0.25) is 15.9 Å². The lowest BCUT2D eigenvalue weighted by molar-refractivity contribution is -0.122. The number of sulfonamides is 1. The molecule has 7 nitrogen and oxygen atoms in total. The first-order chi connectivity index (χ1) is 15.8. The van der Waals surface area contributed by atoms with Gasteiger partial charge in [0.25, 0.3) is 5.91 Å². The molecule has 2 aromatic rings. The maximum absolute atomic E-state index is 13.9. The molecule has 1 saturated carbocycles. The Bertz CT molecular complexity index is 1110. The summed E-state index contributed by atoms with van der Waals surface area (Å²) in [7, 11) is -2.50. The van der Waals surface area contributed by atoms with Crippen molar-refractivity contribution in [2.45, 2.75) is 61.9 Å². The Morgan fingerprint density at radius 2 is 1.55 bits per heavy atom. The molecule has 2 aromatic carbocycles. The molecule has 176 valence electrons. The Morgan fingerprint density at radius 3 is 2.12 bits per heavy atom. The first-order valence-electron chi connectivity index (χ1n) is 11.1. The van der Waals surface area contributed by atoms with E-state index in [0.29, 0.717) is 24.3 Å². The van der Waals surface area contributed by atoms with Crippen molar-refractivity contribution >= 4 is 50.1 Å². The van der Waals surface area contributed by atoms with Crippen molar-refractivity contribution in [3.8, 4) is 5.75 Å². The molecule has 9 heteroatoms. The molecule has 0 spiro atoms. The third kappa shape index (κ3) is 4.95. The van der Waals surface area contributed by atoms with E-state index in [-0.39, 0.29) is 23.3 Å². The number of nitrogens with zero attached hydrogens (tertiary/aromatic N) is 2. The molecule has 4 rings (SSSR count). The molecule has 2 amide bonds. The summed E-state index contributed by atoms with van der Waals surface area (Å²) >= 11 is 2.15. The number of amides is 2. The van der Waals surface area contributed by atoms with Gasteiger partial charge in [-0.25, -0.2) is 13.3 Å². The number of halogens is 1. The highest BCUT2D eigenvalue weighted by atomic mass is 127. The molecule has 1 atom stereocenters. The van der Waals surface area contributed by atoms with Crippen LogP contribution in [0.2, 0.25) is 0 Å². The Kier molecular flexibility index (Phi) is 7.40. The normalized spacial score (nSPS) is 20.3. The van der Waals surface area contributed by atoms with Crippen LogP contribution in [0.1, 0.15) is 44.9 Å². The van der Waals surface area contributed by atoms with Gasteiger partial charge in [0.05, 0.1) is 24.1 Å². The van der Waals surface area contributed by atoms with E-state index in [1.165, 1.54) is 23.5 Å². The Hall–Kier alpha value is -1.98. The van der Waals surface area contributed by atoms with Crippen molar-refractivity contribution in [2.75, 3.05) is 12.0 Å². The number of benzene rings is 2. The second-order valence-electron chi connectivity index (χ2n) is 8.42. The standard InChI is InChI=1S/C24H27IN2O5S/c1-32-20-12-14-21(15-13-20)33(30,31)27(19-6-4-2-3-5-7-19)22-16-23(28)26(24(22)29)18-10-8-17(25)9-11-18/h8-15,19,22H,2-7,16H2,1H3. The van der Waals surface area contributed by atoms with E-state index in [1.807, 2.05) is 12.1 Å². The number of rotatable bonds is 6. The van der Waals surface area contributed by atoms with Gasteiger partial charge in [-0.3, -0.25) is 9.59 Å². The second-order valence-corrected chi connectivity index (χ2v) is 11.5.